The Bertz CT molecular complexity index is 1860. The molecule has 0 saturated carbocycles. The Kier molecular flexibility index (Phi) is 24.6. The molecule has 2 heterocycles. The summed E-state index contributed by atoms with van der Waals surface area (Å²) in [6, 6.07) is -10.6. The number of aliphatic hydroxyl groups is 1. The van der Waals surface area contributed by atoms with Gasteiger partial charge in [-0.1, -0.05) is 27.7 Å². The Morgan fingerprint density at radius 3 is 1.45 bits per heavy atom. The molecular weight excluding hydrogens is 903 g/mol. The van der Waals surface area contributed by atoms with E-state index in [-0.39, 0.29) is 87.8 Å². The van der Waals surface area contributed by atoms with E-state index < -0.39 is 108 Å². The number of carbonyl (C=O) groups excluding carboxylic acids is 8. The first-order valence-electron chi connectivity index (χ1n) is 23.5. The highest BCUT2D eigenvalue weighted by atomic mass is 16.4. The van der Waals surface area contributed by atoms with Crippen molar-refractivity contribution >= 4 is 65.1 Å². The van der Waals surface area contributed by atoms with E-state index in [1.165, 1.54) is 23.6 Å². The molecule has 0 bridgehead atoms. The number of nitrogens with two attached hydrogens (primary N) is 5. The third-order valence-electron chi connectivity index (χ3n) is 11.5. The van der Waals surface area contributed by atoms with Crippen molar-refractivity contribution in [2.45, 2.75) is 160 Å². The second-order valence-corrected chi connectivity index (χ2v) is 18.4. The van der Waals surface area contributed by atoms with E-state index in [4.69, 9.17) is 28.7 Å². The molecule has 69 heavy (non-hydrogen) atoms. The Balaban J connectivity index is 2.19. The minimum Gasteiger partial charge on any atom is -0.480 e. The van der Waals surface area contributed by atoms with Crippen molar-refractivity contribution in [1.82, 2.24) is 41.7 Å². The maximum Gasteiger partial charge on any atom is 0.326 e. The van der Waals surface area contributed by atoms with Crippen molar-refractivity contribution < 1.29 is 53.4 Å². The van der Waals surface area contributed by atoms with Gasteiger partial charge in [-0.25, -0.2) is 4.79 Å². The van der Waals surface area contributed by atoms with E-state index in [1.54, 1.807) is 13.8 Å². The van der Waals surface area contributed by atoms with Gasteiger partial charge in [-0.3, -0.25) is 48.3 Å². The number of carboxylic acid groups (broad SMARTS) is 1. The zero-order valence-corrected chi connectivity index (χ0v) is 40.7. The van der Waals surface area contributed by atoms with Gasteiger partial charge in [-0.2, -0.15) is 0 Å². The summed E-state index contributed by atoms with van der Waals surface area (Å²) in [5, 5.41) is 35.2. The average molecular weight is 980 g/mol. The molecule has 26 nitrogen and oxygen atoms in total. The summed E-state index contributed by atoms with van der Waals surface area (Å²) < 4.78 is 0. The van der Waals surface area contributed by atoms with E-state index in [2.05, 4.69) is 41.9 Å². The van der Waals surface area contributed by atoms with E-state index >= 15 is 0 Å². The molecule has 8 amide bonds. The summed E-state index contributed by atoms with van der Waals surface area (Å²) in [6.45, 7) is 9.84. The van der Waals surface area contributed by atoms with Gasteiger partial charge in [-0.15, -0.1) is 0 Å². The number of carboxylic acids is 1. The van der Waals surface area contributed by atoms with Crippen LogP contribution in [0.25, 0.3) is 0 Å². The second-order valence-electron chi connectivity index (χ2n) is 18.4. The van der Waals surface area contributed by atoms with Crippen LogP contribution in [-0.2, 0) is 43.2 Å². The van der Waals surface area contributed by atoms with E-state index in [0.29, 0.717) is 32.2 Å². The van der Waals surface area contributed by atoms with Gasteiger partial charge in [0, 0.05) is 26.2 Å². The molecule has 26 heteroatoms. The maximum absolute atomic E-state index is 13.9. The number of guanidine groups is 2. The number of nitrogens with zero attached hydrogens (tertiary/aromatic N) is 4. The highest BCUT2D eigenvalue weighted by Crippen LogP contribution is 2.21. The lowest BCUT2D eigenvalue weighted by atomic mass is 10.0. The zero-order chi connectivity index (χ0) is 52.1. The molecule has 2 saturated heterocycles. The van der Waals surface area contributed by atoms with Crippen LogP contribution in [0.1, 0.15) is 106 Å². The van der Waals surface area contributed by atoms with E-state index in [1.807, 2.05) is 13.8 Å². The fourth-order valence-electron chi connectivity index (χ4n) is 7.94. The molecule has 0 aromatic heterocycles. The summed E-state index contributed by atoms with van der Waals surface area (Å²) in [6.07, 6.45) is 2.33. The fraction of sp³-hybridized carbons (Fsp3) is 0.744. The van der Waals surface area contributed by atoms with Crippen molar-refractivity contribution in [3.8, 4) is 0 Å². The Morgan fingerprint density at radius 2 is 0.986 bits per heavy atom. The third-order valence-corrected chi connectivity index (χ3v) is 11.5. The SMILES string of the molecule is CC(C)C[C@H](NC(=O)[C@H](CCCN=C(N)N)NC(=O)[C@H](C)NC(=O)[C@H](CCCN=C(N)N)NC(=O)[C@@H]1CCCN1C(=O)[C@H](CO)NC(=O)[C@H](C)NC(=O)[C@@H]1CCCN1C(=O)[C@@H](N)CC(C)C)C(=O)O. The quantitative estimate of drug-likeness (QED) is 0.0200. The lowest BCUT2D eigenvalue weighted by Gasteiger charge is -2.30. The lowest BCUT2D eigenvalue weighted by molar-refractivity contribution is -0.143. The highest BCUT2D eigenvalue weighted by molar-refractivity contribution is 5.98. The van der Waals surface area contributed by atoms with Crippen LogP contribution in [0.3, 0.4) is 0 Å². The van der Waals surface area contributed by atoms with Gasteiger partial charge in [0.05, 0.1) is 12.6 Å². The number of carbonyl (C=O) groups is 9. The van der Waals surface area contributed by atoms with Crippen molar-refractivity contribution in [3.63, 3.8) is 0 Å². The number of hydrogen-bond acceptors (Lipinski definition) is 13. The smallest absolute Gasteiger partial charge is 0.326 e. The van der Waals surface area contributed by atoms with Crippen molar-refractivity contribution in [2.75, 3.05) is 32.8 Å². The normalized spacial score (nSPS) is 18.6. The van der Waals surface area contributed by atoms with Gasteiger partial charge in [0.25, 0.3) is 0 Å². The van der Waals surface area contributed by atoms with Crippen molar-refractivity contribution in [2.24, 2.45) is 50.5 Å². The summed E-state index contributed by atoms with van der Waals surface area (Å²) in [7, 11) is 0. The van der Waals surface area contributed by atoms with Gasteiger partial charge in [0.15, 0.2) is 11.9 Å². The van der Waals surface area contributed by atoms with Crippen LogP contribution in [0, 0.1) is 11.8 Å². The number of nitrogens with one attached hydrogen (secondary N) is 6. The lowest BCUT2D eigenvalue weighted by Crippen LogP contribution is -2.60. The molecule has 18 N–H and O–H groups in total. The van der Waals surface area contributed by atoms with Crippen molar-refractivity contribution in [1.29, 1.82) is 0 Å². The van der Waals surface area contributed by atoms with Crippen LogP contribution in [0.15, 0.2) is 9.98 Å². The van der Waals surface area contributed by atoms with Crippen LogP contribution in [0.4, 0.5) is 0 Å². The number of aliphatic carboxylic acids is 1. The molecule has 0 spiro atoms. The van der Waals surface area contributed by atoms with Gasteiger partial charge >= 0.3 is 5.97 Å². The monoisotopic (exact) mass is 980 g/mol. The molecule has 9 atom stereocenters. The Morgan fingerprint density at radius 1 is 0.565 bits per heavy atom. The molecule has 0 radical (unpaired) electrons. The Hall–Kier alpha value is -6.31. The zero-order valence-electron chi connectivity index (χ0n) is 40.7. The minimum atomic E-state index is -1.52. The molecular formula is C43H77N15O11. The predicted molar refractivity (Wildman–Crippen MR) is 254 cm³/mol. The summed E-state index contributed by atoms with van der Waals surface area (Å²) in [5.74, 6) is -7.31. The van der Waals surface area contributed by atoms with Gasteiger partial charge < -0.3 is 80.6 Å². The van der Waals surface area contributed by atoms with E-state index in [0.717, 1.165) is 0 Å². The molecule has 390 valence electrons. The molecule has 0 aromatic rings. The molecule has 2 aliphatic rings. The molecule has 2 rings (SSSR count). The van der Waals surface area contributed by atoms with Crippen LogP contribution in [0.2, 0.25) is 0 Å². The summed E-state index contributed by atoms with van der Waals surface area (Å²) >= 11 is 0. The highest BCUT2D eigenvalue weighted by Gasteiger charge is 2.41. The molecule has 2 fully saturated rings. The van der Waals surface area contributed by atoms with Crippen LogP contribution < -0.4 is 60.6 Å². The fourth-order valence-corrected chi connectivity index (χ4v) is 7.94. The first-order chi connectivity index (χ1) is 32.4. The van der Waals surface area contributed by atoms with Crippen molar-refractivity contribution in [3.05, 3.63) is 0 Å². The number of aliphatic imine (C=N–C) groups is 2. The van der Waals surface area contributed by atoms with E-state index in [9.17, 15) is 53.4 Å². The summed E-state index contributed by atoms with van der Waals surface area (Å²) in [4.78, 5) is 130. The van der Waals surface area contributed by atoms with Crippen LogP contribution >= 0.6 is 0 Å². The number of amides is 8. The van der Waals surface area contributed by atoms with Crippen LogP contribution in [0.5, 0.6) is 0 Å². The number of rotatable bonds is 28. The predicted octanol–water partition coefficient (Wildman–Crippen LogP) is -4.48. The summed E-state index contributed by atoms with van der Waals surface area (Å²) in [5.41, 5.74) is 27.8. The molecule has 0 unspecified atom stereocenters. The molecule has 2 aliphatic heterocycles. The number of hydrogen-bond donors (Lipinski definition) is 13. The standard InChI is InChI=1S/C43H77N15O11/c1-22(2)19-26(44)39(66)57-17-9-13-31(57)37(64)52-25(6)34(61)56-30(21-59)40(67)58-18-10-14-32(58)38(65)54-27(11-7-15-49-42(45)46)35(62)51-24(5)33(60)53-28(12-8-16-50-43(47)48)36(63)55-29(41(68)69)20-23(3)4/h22-32,59H,7-21,44H2,1-6H3,(H,51,62)(H,52,64)(H,53,60)(H,54,65)(H,55,63)(H,56,61)(H,68,69)(H4,45,46,49)(H4,47,48,50)/t24-,25-,26-,27-,28-,29-,30-,31-,32-/m0/s1. The first-order valence-corrected chi connectivity index (χ1v) is 23.5. The Labute approximate surface area is 402 Å². The minimum absolute atomic E-state index is 0.00328. The number of likely N-dealkylation sites (tertiary alicyclic amines) is 2. The number of aliphatic hydroxyl groups excluding tert-OH is 1. The molecule has 0 aromatic carbocycles. The molecule has 0 aliphatic carbocycles. The van der Waals surface area contributed by atoms with Crippen LogP contribution in [-0.4, -0.2) is 172 Å². The maximum atomic E-state index is 13.9. The third kappa shape index (κ3) is 19.7. The average Bonchev–Trinajstić information content (AvgIpc) is 3.97. The second kappa shape index (κ2) is 28.9. The topological polar surface area (TPSA) is 428 Å². The van der Waals surface area contributed by atoms with Gasteiger partial charge in [0.2, 0.25) is 47.3 Å². The van der Waals surface area contributed by atoms with Gasteiger partial charge in [-0.05, 0) is 89.9 Å². The first kappa shape index (κ1) is 58.8. The van der Waals surface area contributed by atoms with Gasteiger partial charge in [0.1, 0.15) is 48.3 Å². The largest absolute Gasteiger partial charge is 0.480 e.